The molecule has 15 heavy (non-hydrogen) atoms. The van der Waals surface area contributed by atoms with E-state index in [1.165, 1.54) is 24.8 Å². The number of nitrogens with two attached hydrogens (primary N) is 1. The lowest BCUT2D eigenvalue weighted by molar-refractivity contribution is 0.400. The third-order valence-corrected chi connectivity index (χ3v) is 3.39. The highest BCUT2D eigenvalue weighted by molar-refractivity contribution is 5.33. The smallest absolute Gasteiger partial charge is 0.122 e. The van der Waals surface area contributed by atoms with Gasteiger partial charge in [0.15, 0.2) is 0 Å². The number of hydrogen-bond donors (Lipinski definition) is 1. The van der Waals surface area contributed by atoms with Crippen molar-refractivity contribution in [3.05, 3.63) is 29.8 Å². The second-order valence-corrected chi connectivity index (χ2v) is 4.37. The van der Waals surface area contributed by atoms with Gasteiger partial charge in [0.2, 0.25) is 0 Å². The molecule has 82 valence electrons. The van der Waals surface area contributed by atoms with Crippen LogP contribution in [0.5, 0.6) is 5.75 Å². The Morgan fingerprint density at radius 3 is 2.80 bits per heavy atom. The molecule has 1 fully saturated rings. The maximum atomic E-state index is 6.08. The summed E-state index contributed by atoms with van der Waals surface area (Å²) in [6.07, 6.45) is 4.78. The lowest BCUT2D eigenvalue weighted by Crippen LogP contribution is -2.25. The molecule has 2 atom stereocenters. The first-order valence-corrected chi connectivity index (χ1v) is 5.68. The average molecular weight is 205 g/mol. The summed E-state index contributed by atoms with van der Waals surface area (Å²) in [6, 6.07) is 8.63. The predicted molar refractivity (Wildman–Crippen MR) is 62.0 cm³/mol. The van der Waals surface area contributed by atoms with Crippen LogP contribution in [0.1, 0.15) is 24.8 Å². The molecule has 1 saturated carbocycles. The molecule has 0 aliphatic heterocycles. The second kappa shape index (κ2) is 4.67. The van der Waals surface area contributed by atoms with E-state index in [9.17, 15) is 0 Å². The molecule has 2 nitrogen and oxygen atoms in total. The number of para-hydroxylation sites is 1. The number of benzene rings is 1. The summed E-state index contributed by atoms with van der Waals surface area (Å²) in [4.78, 5) is 0. The molecular formula is C13H19NO. The fourth-order valence-corrected chi connectivity index (χ4v) is 2.47. The van der Waals surface area contributed by atoms with Gasteiger partial charge in [0.25, 0.3) is 0 Å². The molecule has 2 rings (SSSR count). The molecule has 0 amide bonds. The first kappa shape index (κ1) is 10.5. The molecule has 2 N–H and O–H groups in total. The van der Waals surface area contributed by atoms with Gasteiger partial charge in [-0.15, -0.1) is 0 Å². The summed E-state index contributed by atoms with van der Waals surface area (Å²) in [5.74, 6) is 1.64. The Morgan fingerprint density at radius 2 is 2.13 bits per heavy atom. The minimum atomic E-state index is 0.384. The van der Waals surface area contributed by atoms with Gasteiger partial charge in [-0.25, -0.2) is 0 Å². The quantitative estimate of drug-likeness (QED) is 0.822. The molecule has 0 aromatic heterocycles. The largest absolute Gasteiger partial charge is 0.496 e. The third-order valence-electron chi connectivity index (χ3n) is 3.39. The Kier molecular flexibility index (Phi) is 3.27. The molecule has 1 aromatic carbocycles. The number of hydrogen-bond acceptors (Lipinski definition) is 2. The average Bonchev–Trinajstić information content (AvgIpc) is 2.65. The van der Waals surface area contributed by atoms with Crippen LogP contribution in [-0.2, 0) is 6.42 Å². The second-order valence-electron chi connectivity index (χ2n) is 4.37. The molecule has 1 aliphatic rings. The molecule has 1 aliphatic carbocycles. The Bertz CT molecular complexity index is 324. The Labute approximate surface area is 91.4 Å². The minimum absolute atomic E-state index is 0.384. The van der Waals surface area contributed by atoms with Crippen LogP contribution in [0.2, 0.25) is 0 Å². The van der Waals surface area contributed by atoms with Crippen LogP contribution in [-0.4, -0.2) is 13.2 Å². The SMILES string of the molecule is COc1ccccc1CC1CCCC1N. The molecule has 0 saturated heterocycles. The van der Waals surface area contributed by atoms with Crippen LogP contribution in [0.4, 0.5) is 0 Å². The van der Waals surface area contributed by atoms with E-state index >= 15 is 0 Å². The summed E-state index contributed by atoms with van der Waals surface area (Å²) < 4.78 is 5.35. The van der Waals surface area contributed by atoms with Crippen molar-refractivity contribution in [3.8, 4) is 5.75 Å². The standard InChI is InChI=1S/C13H19NO/c1-15-13-8-3-2-5-11(13)9-10-6-4-7-12(10)14/h2-3,5,8,10,12H,4,6-7,9,14H2,1H3. The van der Waals surface area contributed by atoms with E-state index < -0.39 is 0 Å². The first-order valence-electron chi connectivity index (χ1n) is 5.68. The zero-order chi connectivity index (χ0) is 10.7. The van der Waals surface area contributed by atoms with E-state index in [0.717, 1.165) is 12.2 Å². The zero-order valence-electron chi connectivity index (χ0n) is 9.28. The van der Waals surface area contributed by atoms with Crippen LogP contribution in [0, 0.1) is 5.92 Å². The first-order chi connectivity index (χ1) is 7.31. The molecule has 0 heterocycles. The fourth-order valence-electron chi connectivity index (χ4n) is 2.47. The van der Waals surface area contributed by atoms with E-state index in [-0.39, 0.29) is 0 Å². The zero-order valence-corrected chi connectivity index (χ0v) is 9.28. The highest BCUT2D eigenvalue weighted by Crippen LogP contribution is 2.30. The van der Waals surface area contributed by atoms with Gasteiger partial charge in [0, 0.05) is 6.04 Å². The van der Waals surface area contributed by atoms with Crippen molar-refractivity contribution in [2.24, 2.45) is 11.7 Å². The normalized spacial score (nSPS) is 25.5. The topological polar surface area (TPSA) is 35.2 Å². The maximum Gasteiger partial charge on any atom is 0.122 e. The summed E-state index contributed by atoms with van der Waals surface area (Å²) in [5.41, 5.74) is 7.37. The van der Waals surface area contributed by atoms with Crippen LogP contribution in [0.15, 0.2) is 24.3 Å². The van der Waals surface area contributed by atoms with E-state index in [1.807, 2.05) is 12.1 Å². The van der Waals surface area contributed by atoms with Crippen LogP contribution < -0.4 is 10.5 Å². The lowest BCUT2D eigenvalue weighted by atomic mass is 9.94. The molecule has 0 radical (unpaired) electrons. The predicted octanol–water partition coefficient (Wildman–Crippen LogP) is 2.37. The van der Waals surface area contributed by atoms with Crippen molar-refractivity contribution in [1.29, 1.82) is 0 Å². The Hall–Kier alpha value is -1.02. The number of ether oxygens (including phenoxy) is 1. The van der Waals surface area contributed by atoms with Gasteiger partial charge >= 0.3 is 0 Å². The maximum absolute atomic E-state index is 6.08. The van der Waals surface area contributed by atoms with Crippen molar-refractivity contribution in [2.75, 3.05) is 7.11 Å². The van der Waals surface area contributed by atoms with Gasteiger partial charge in [0.1, 0.15) is 5.75 Å². The van der Waals surface area contributed by atoms with Gasteiger partial charge in [-0.05, 0) is 36.8 Å². The monoisotopic (exact) mass is 205 g/mol. The molecule has 0 bridgehead atoms. The molecule has 2 unspecified atom stereocenters. The van der Waals surface area contributed by atoms with Gasteiger partial charge in [0.05, 0.1) is 7.11 Å². The molecule has 2 heteroatoms. The van der Waals surface area contributed by atoms with Crippen LogP contribution in [0.25, 0.3) is 0 Å². The summed E-state index contributed by atoms with van der Waals surface area (Å²) in [5, 5.41) is 0. The Balaban J connectivity index is 2.09. The molecular weight excluding hydrogens is 186 g/mol. The number of methoxy groups -OCH3 is 1. The molecule has 1 aromatic rings. The van der Waals surface area contributed by atoms with Crippen molar-refractivity contribution < 1.29 is 4.74 Å². The molecule has 0 spiro atoms. The van der Waals surface area contributed by atoms with Crippen LogP contribution in [0.3, 0.4) is 0 Å². The van der Waals surface area contributed by atoms with E-state index in [1.54, 1.807) is 7.11 Å². The minimum Gasteiger partial charge on any atom is -0.496 e. The lowest BCUT2D eigenvalue weighted by Gasteiger charge is -2.16. The summed E-state index contributed by atoms with van der Waals surface area (Å²) >= 11 is 0. The summed E-state index contributed by atoms with van der Waals surface area (Å²) in [7, 11) is 1.73. The third kappa shape index (κ3) is 2.32. The van der Waals surface area contributed by atoms with E-state index in [2.05, 4.69) is 12.1 Å². The van der Waals surface area contributed by atoms with Gasteiger partial charge in [-0.2, -0.15) is 0 Å². The summed E-state index contributed by atoms with van der Waals surface area (Å²) in [6.45, 7) is 0. The number of rotatable bonds is 3. The Morgan fingerprint density at radius 1 is 1.33 bits per heavy atom. The van der Waals surface area contributed by atoms with Gasteiger partial charge in [-0.3, -0.25) is 0 Å². The van der Waals surface area contributed by atoms with Crippen molar-refractivity contribution >= 4 is 0 Å². The fraction of sp³-hybridized carbons (Fsp3) is 0.538. The van der Waals surface area contributed by atoms with E-state index in [4.69, 9.17) is 10.5 Å². The van der Waals surface area contributed by atoms with Gasteiger partial charge in [-0.1, -0.05) is 24.6 Å². The van der Waals surface area contributed by atoms with Crippen molar-refractivity contribution in [1.82, 2.24) is 0 Å². The van der Waals surface area contributed by atoms with Crippen molar-refractivity contribution in [3.63, 3.8) is 0 Å². The highest BCUT2D eigenvalue weighted by Gasteiger charge is 2.24. The van der Waals surface area contributed by atoms with Gasteiger partial charge < -0.3 is 10.5 Å². The highest BCUT2D eigenvalue weighted by atomic mass is 16.5. The van der Waals surface area contributed by atoms with E-state index in [0.29, 0.717) is 12.0 Å². The van der Waals surface area contributed by atoms with Crippen molar-refractivity contribution in [2.45, 2.75) is 31.7 Å². The van der Waals surface area contributed by atoms with Crippen LogP contribution >= 0.6 is 0 Å².